The molecule has 1 fully saturated rings. The van der Waals surface area contributed by atoms with Crippen LogP contribution in [0.1, 0.15) is 22.9 Å². The zero-order chi connectivity index (χ0) is 17.2. The molecule has 1 aromatic heterocycles. The number of nitrogens with zero attached hydrogens (tertiary/aromatic N) is 2. The summed E-state index contributed by atoms with van der Waals surface area (Å²) >= 11 is 0. The lowest BCUT2D eigenvalue weighted by Crippen LogP contribution is -2.28. The molecule has 0 unspecified atom stereocenters. The first kappa shape index (κ1) is 18.6. The van der Waals surface area contributed by atoms with Gasteiger partial charge in [-0.2, -0.15) is 0 Å². The van der Waals surface area contributed by atoms with Gasteiger partial charge in [0.15, 0.2) is 0 Å². The number of rotatable bonds is 4. The Kier molecular flexibility index (Phi) is 5.77. The second-order valence-corrected chi connectivity index (χ2v) is 6.76. The van der Waals surface area contributed by atoms with Crippen molar-refractivity contribution in [1.82, 2.24) is 9.88 Å². The SMILES string of the molecule is Cc1oc(-c2ccccc2)nc1CN1C[C@@H](N)[C@H](c2ccccc2)C1.Cl. The number of benzene rings is 2. The van der Waals surface area contributed by atoms with E-state index in [9.17, 15) is 0 Å². The van der Waals surface area contributed by atoms with Crippen LogP contribution in [0.4, 0.5) is 0 Å². The Labute approximate surface area is 160 Å². The molecule has 2 aromatic carbocycles. The Morgan fingerprint density at radius 2 is 1.69 bits per heavy atom. The molecular weight excluding hydrogens is 346 g/mol. The van der Waals surface area contributed by atoms with E-state index >= 15 is 0 Å². The van der Waals surface area contributed by atoms with Gasteiger partial charge in [-0.1, -0.05) is 48.5 Å². The van der Waals surface area contributed by atoms with Gasteiger partial charge in [0, 0.05) is 37.2 Å². The van der Waals surface area contributed by atoms with Crippen molar-refractivity contribution in [2.75, 3.05) is 13.1 Å². The lowest BCUT2D eigenvalue weighted by Gasteiger charge is -2.15. The summed E-state index contributed by atoms with van der Waals surface area (Å²) in [5, 5.41) is 0. The fraction of sp³-hybridized carbons (Fsp3) is 0.286. The third-order valence-corrected chi connectivity index (χ3v) is 4.96. The summed E-state index contributed by atoms with van der Waals surface area (Å²) in [4.78, 5) is 7.09. The lowest BCUT2D eigenvalue weighted by molar-refractivity contribution is 0.318. The molecule has 2 atom stereocenters. The third kappa shape index (κ3) is 3.83. The largest absolute Gasteiger partial charge is 0.441 e. The average Bonchev–Trinajstić information content (AvgIpc) is 3.19. The molecule has 26 heavy (non-hydrogen) atoms. The highest BCUT2D eigenvalue weighted by Gasteiger charge is 2.31. The third-order valence-electron chi connectivity index (χ3n) is 4.96. The highest BCUT2D eigenvalue weighted by Crippen LogP contribution is 2.29. The minimum absolute atomic E-state index is 0. The minimum Gasteiger partial charge on any atom is -0.441 e. The molecule has 0 spiro atoms. The van der Waals surface area contributed by atoms with Crippen LogP contribution in [0.2, 0.25) is 0 Å². The Hall–Kier alpha value is -2.14. The molecule has 0 aliphatic carbocycles. The zero-order valence-electron chi connectivity index (χ0n) is 14.8. The number of hydrogen-bond acceptors (Lipinski definition) is 4. The maximum absolute atomic E-state index is 6.40. The average molecular weight is 370 g/mol. The molecule has 3 aromatic rings. The summed E-state index contributed by atoms with van der Waals surface area (Å²) < 4.78 is 5.88. The molecule has 0 saturated carbocycles. The van der Waals surface area contributed by atoms with Crippen molar-refractivity contribution < 1.29 is 4.42 Å². The predicted molar refractivity (Wildman–Crippen MR) is 106 cm³/mol. The molecule has 4 rings (SSSR count). The van der Waals surface area contributed by atoms with Crippen LogP contribution in [0.15, 0.2) is 65.1 Å². The van der Waals surface area contributed by atoms with E-state index in [-0.39, 0.29) is 18.4 Å². The van der Waals surface area contributed by atoms with Crippen molar-refractivity contribution in [1.29, 1.82) is 0 Å². The summed E-state index contributed by atoms with van der Waals surface area (Å²) in [5.74, 6) is 1.95. The quantitative estimate of drug-likeness (QED) is 0.755. The number of likely N-dealkylation sites (tertiary alicyclic amines) is 1. The van der Waals surface area contributed by atoms with Gasteiger partial charge in [0.1, 0.15) is 5.76 Å². The summed E-state index contributed by atoms with van der Waals surface area (Å²) in [7, 11) is 0. The second-order valence-electron chi connectivity index (χ2n) is 6.76. The Bertz CT molecular complexity index is 835. The van der Waals surface area contributed by atoms with Crippen LogP contribution in [0.25, 0.3) is 11.5 Å². The first-order valence-corrected chi connectivity index (χ1v) is 8.75. The highest BCUT2D eigenvalue weighted by atomic mass is 35.5. The molecule has 2 N–H and O–H groups in total. The second kappa shape index (κ2) is 8.04. The van der Waals surface area contributed by atoms with Gasteiger partial charge in [0.25, 0.3) is 0 Å². The van der Waals surface area contributed by atoms with Gasteiger partial charge in [0.2, 0.25) is 5.89 Å². The van der Waals surface area contributed by atoms with E-state index in [2.05, 4.69) is 29.2 Å². The van der Waals surface area contributed by atoms with Crippen molar-refractivity contribution in [2.45, 2.75) is 25.4 Å². The first-order chi connectivity index (χ1) is 12.2. The van der Waals surface area contributed by atoms with Gasteiger partial charge in [-0.3, -0.25) is 4.90 Å². The number of halogens is 1. The molecule has 4 nitrogen and oxygen atoms in total. The summed E-state index contributed by atoms with van der Waals surface area (Å²) in [6.45, 7) is 4.60. The van der Waals surface area contributed by atoms with Gasteiger partial charge in [0.05, 0.1) is 5.69 Å². The van der Waals surface area contributed by atoms with Crippen LogP contribution in [0.3, 0.4) is 0 Å². The standard InChI is InChI=1S/C21H23N3O.ClH/c1-15-20(23-21(25-15)17-10-6-3-7-11-17)14-24-12-18(19(22)13-24)16-8-4-2-5-9-16;/h2-11,18-19H,12-14,22H2,1H3;1H/t18-,19+;/m0./s1. The highest BCUT2D eigenvalue weighted by molar-refractivity contribution is 5.85. The Balaban J connectivity index is 0.00000196. The van der Waals surface area contributed by atoms with Crippen LogP contribution < -0.4 is 5.73 Å². The smallest absolute Gasteiger partial charge is 0.226 e. The molecule has 0 bridgehead atoms. The van der Waals surface area contributed by atoms with E-state index in [0.717, 1.165) is 36.7 Å². The maximum atomic E-state index is 6.40. The van der Waals surface area contributed by atoms with Gasteiger partial charge in [-0.25, -0.2) is 4.98 Å². The summed E-state index contributed by atoms with van der Waals surface area (Å²) in [6, 6.07) is 20.7. The zero-order valence-corrected chi connectivity index (χ0v) is 15.7. The monoisotopic (exact) mass is 369 g/mol. The van der Waals surface area contributed by atoms with E-state index in [4.69, 9.17) is 15.1 Å². The number of aryl methyl sites for hydroxylation is 1. The Morgan fingerprint density at radius 3 is 2.38 bits per heavy atom. The number of nitrogens with two attached hydrogens (primary N) is 1. The van der Waals surface area contributed by atoms with Gasteiger partial charge in [-0.15, -0.1) is 12.4 Å². The Morgan fingerprint density at radius 1 is 1.04 bits per heavy atom. The van der Waals surface area contributed by atoms with E-state index in [1.165, 1.54) is 5.56 Å². The molecule has 136 valence electrons. The lowest BCUT2D eigenvalue weighted by atomic mass is 9.95. The van der Waals surface area contributed by atoms with Crippen LogP contribution in [0.5, 0.6) is 0 Å². The fourth-order valence-corrected chi connectivity index (χ4v) is 3.59. The summed E-state index contributed by atoms with van der Waals surface area (Å²) in [6.07, 6.45) is 0. The summed E-state index contributed by atoms with van der Waals surface area (Å²) in [5.41, 5.74) is 9.73. The van der Waals surface area contributed by atoms with Crippen LogP contribution in [0, 0.1) is 6.92 Å². The van der Waals surface area contributed by atoms with E-state index in [1.807, 2.05) is 43.3 Å². The topological polar surface area (TPSA) is 55.3 Å². The number of oxazole rings is 1. The van der Waals surface area contributed by atoms with E-state index in [0.29, 0.717) is 11.8 Å². The molecule has 1 saturated heterocycles. The van der Waals surface area contributed by atoms with Crippen molar-refractivity contribution in [2.24, 2.45) is 5.73 Å². The number of aromatic nitrogens is 1. The maximum Gasteiger partial charge on any atom is 0.226 e. The normalized spacial score (nSPS) is 20.1. The molecule has 0 radical (unpaired) electrons. The first-order valence-electron chi connectivity index (χ1n) is 8.75. The van der Waals surface area contributed by atoms with Crippen molar-refractivity contribution in [3.63, 3.8) is 0 Å². The molecule has 5 heteroatoms. The van der Waals surface area contributed by atoms with Crippen molar-refractivity contribution >= 4 is 12.4 Å². The van der Waals surface area contributed by atoms with Gasteiger partial charge < -0.3 is 10.2 Å². The van der Waals surface area contributed by atoms with Crippen molar-refractivity contribution in [3.8, 4) is 11.5 Å². The molecule has 2 heterocycles. The van der Waals surface area contributed by atoms with Crippen LogP contribution in [-0.4, -0.2) is 29.0 Å². The van der Waals surface area contributed by atoms with E-state index < -0.39 is 0 Å². The number of hydrogen-bond donors (Lipinski definition) is 1. The molecule has 1 aliphatic rings. The van der Waals surface area contributed by atoms with Crippen LogP contribution >= 0.6 is 12.4 Å². The van der Waals surface area contributed by atoms with Crippen LogP contribution in [-0.2, 0) is 6.54 Å². The predicted octanol–water partition coefficient (Wildman–Crippen LogP) is 4.00. The molecule has 0 amide bonds. The molecule has 1 aliphatic heterocycles. The van der Waals surface area contributed by atoms with Crippen molar-refractivity contribution in [3.05, 3.63) is 77.7 Å². The van der Waals surface area contributed by atoms with Gasteiger partial charge in [-0.05, 0) is 24.6 Å². The minimum atomic E-state index is 0. The fourth-order valence-electron chi connectivity index (χ4n) is 3.59. The van der Waals surface area contributed by atoms with Gasteiger partial charge >= 0.3 is 0 Å². The molecular formula is C21H24ClN3O. The van der Waals surface area contributed by atoms with E-state index in [1.54, 1.807) is 0 Å².